The van der Waals surface area contributed by atoms with Crippen LogP contribution < -0.4 is 0 Å². The molecular weight excluding hydrogens is 224 g/mol. The van der Waals surface area contributed by atoms with Crippen LogP contribution in [0.5, 0.6) is 0 Å². The van der Waals surface area contributed by atoms with Gasteiger partial charge in [0.05, 0.1) is 0 Å². The Morgan fingerprint density at radius 1 is 0.765 bits per heavy atom. The van der Waals surface area contributed by atoms with Crippen molar-refractivity contribution in [2.24, 2.45) is 0 Å². The molecular formula is C16H14S. The molecule has 1 aliphatic heterocycles. The van der Waals surface area contributed by atoms with Gasteiger partial charge in [-0.05, 0) is 42.7 Å². The Morgan fingerprint density at radius 2 is 1.24 bits per heavy atom. The lowest BCUT2D eigenvalue weighted by Gasteiger charge is -2.23. The summed E-state index contributed by atoms with van der Waals surface area (Å²) < 4.78 is 0. The molecule has 2 aromatic rings. The molecule has 84 valence electrons. The zero-order valence-electron chi connectivity index (χ0n) is 10.0. The van der Waals surface area contributed by atoms with Crippen LogP contribution in [0.15, 0.2) is 63.9 Å². The largest absolute Gasteiger partial charge is 0.0888 e. The van der Waals surface area contributed by atoms with Gasteiger partial charge in [0.25, 0.3) is 0 Å². The Morgan fingerprint density at radius 3 is 1.71 bits per heavy atom. The van der Waals surface area contributed by atoms with Crippen molar-refractivity contribution in [1.29, 1.82) is 0 Å². The highest BCUT2D eigenvalue weighted by Gasteiger charge is 2.20. The third-order valence-electron chi connectivity index (χ3n) is 3.03. The quantitative estimate of drug-likeness (QED) is 0.531. The minimum atomic E-state index is 1.36. The van der Waals surface area contributed by atoms with Crippen molar-refractivity contribution in [3.8, 4) is 0 Å². The van der Waals surface area contributed by atoms with E-state index in [1.807, 2.05) is 11.8 Å². The van der Waals surface area contributed by atoms with Crippen LogP contribution in [0.2, 0.25) is 0 Å². The van der Waals surface area contributed by atoms with Gasteiger partial charge in [0.1, 0.15) is 0 Å². The lowest BCUT2D eigenvalue weighted by molar-refractivity contribution is 1.25. The number of fused-ring (bicyclic) bond motifs is 2. The summed E-state index contributed by atoms with van der Waals surface area (Å²) in [7, 11) is 0. The Hall–Kier alpha value is -1.47. The van der Waals surface area contributed by atoms with Crippen LogP contribution in [0.25, 0.3) is 5.57 Å². The molecule has 0 amide bonds. The Labute approximate surface area is 106 Å². The van der Waals surface area contributed by atoms with Gasteiger partial charge >= 0.3 is 0 Å². The minimum Gasteiger partial charge on any atom is -0.0888 e. The fourth-order valence-corrected chi connectivity index (χ4v) is 3.42. The van der Waals surface area contributed by atoms with Crippen LogP contribution in [0.4, 0.5) is 0 Å². The summed E-state index contributed by atoms with van der Waals surface area (Å²) in [6.45, 7) is 4.39. The number of allylic oxidation sites excluding steroid dienone is 1. The van der Waals surface area contributed by atoms with Crippen molar-refractivity contribution >= 4 is 17.3 Å². The molecule has 0 bridgehead atoms. The molecule has 0 saturated carbocycles. The summed E-state index contributed by atoms with van der Waals surface area (Å²) in [5.74, 6) is 0. The fourth-order valence-electron chi connectivity index (χ4n) is 2.33. The van der Waals surface area contributed by atoms with E-state index in [4.69, 9.17) is 0 Å². The first-order valence-electron chi connectivity index (χ1n) is 5.81. The van der Waals surface area contributed by atoms with Gasteiger partial charge in [-0.2, -0.15) is 0 Å². The Kier molecular flexibility index (Phi) is 2.56. The van der Waals surface area contributed by atoms with Gasteiger partial charge in [-0.25, -0.2) is 0 Å². The van der Waals surface area contributed by atoms with Crippen LogP contribution in [0, 0.1) is 0 Å². The predicted octanol–water partition coefficient (Wildman–Crippen LogP) is 4.99. The van der Waals surface area contributed by atoms with Crippen molar-refractivity contribution in [3.63, 3.8) is 0 Å². The first-order chi connectivity index (χ1) is 8.27. The average Bonchev–Trinajstić information content (AvgIpc) is 2.35. The first-order valence-corrected chi connectivity index (χ1v) is 6.63. The fraction of sp³-hybridized carbons (Fsp3) is 0.125. The zero-order chi connectivity index (χ0) is 11.8. The van der Waals surface area contributed by atoms with Crippen molar-refractivity contribution < 1.29 is 0 Å². The van der Waals surface area contributed by atoms with Crippen LogP contribution in [0.1, 0.15) is 25.0 Å². The predicted molar refractivity (Wildman–Crippen MR) is 74.4 cm³/mol. The summed E-state index contributed by atoms with van der Waals surface area (Å²) in [6.07, 6.45) is 0. The maximum absolute atomic E-state index is 2.22. The molecule has 1 heterocycles. The molecule has 0 nitrogen and oxygen atoms in total. The summed E-state index contributed by atoms with van der Waals surface area (Å²) in [4.78, 5) is 2.73. The minimum absolute atomic E-state index is 1.36. The van der Waals surface area contributed by atoms with E-state index < -0.39 is 0 Å². The molecule has 1 aliphatic rings. The Bertz CT molecular complexity index is 557. The average molecular weight is 238 g/mol. The number of benzene rings is 2. The zero-order valence-corrected chi connectivity index (χ0v) is 10.8. The lowest BCUT2D eigenvalue weighted by Crippen LogP contribution is -1.99. The molecule has 0 spiro atoms. The second-order valence-electron chi connectivity index (χ2n) is 4.47. The highest BCUT2D eigenvalue weighted by atomic mass is 32.2. The molecule has 3 rings (SSSR count). The van der Waals surface area contributed by atoms with Gasteiger partial charge in [0, 0.05) is 9.79 Å². The van der Waals surface area contributed by atoms with Crippen molar-refractivity contribution in [3.05, 3.63) is 65.2 Å². The van der Waals surface area contributed by atoms with Gasteiger partial charge in [-0.3, -0.25) is 0 Å². The maximum Gasteiger partial charge on any atom is 0.0201 e. The molecule has 0 aromatic heterocycles. The summed E-state index contributed by atoms with van der Waals surface area (Å²) in [6, 6.07) is 17.3. The summed E-state index contributed by atoms with van der Waals surface area (Å²) >= 11 is 1.87. The van der Waals surface area contributed by atoms with Gasteiger partial charge in [-0.15, -0.1) is 0 Å². The number of rotatable bonds is 0. The van der Waals surface area contributed by atoms with Crippen LogP contribution in [-0.2, 0) is 0 Å². The second-order valence-corrected chi connectivity index (χ2v) is 5.55. The maximum atomic E-state index is 2.22. The third-order valence-corrected chi connectivity index (χ3v) is 4.18. The third kappa shape index (κ3) is 1.71. The van der Waals surface area contributed by atoms with Crippen molar-refractivity contribution in [1.82, 2.24) is 0 Å². The number of hydrogen-bond acceptors (Lipinski definition) is 1. The molecule has 0 unspecified atom stereocenters. The molecule has 0 atom stereocenters. The summed E-state index contributed by atoms with van der Waals surface area (Å²) in [5, 5.41) is 0. The van der Waals surface area contributed by atoms with E-state index in [1.165, 1.54) is 32.1 Å². The van der Waals surface area contributed by atoms with Gasteiger partial charge < -0.3 is 0 Å². The van der Waals surface area contributed by atoms with E-state index in [9.17, 15) is 0 Å². The molecule has 17 heavy (non-hydrogen) atoms. The second kappa shape index (κ2) is 4.08. The molecule has 0 fully saturated rings. The van der Waals surface area contributed by atoms with Gasteiger partial charge in [0.2, 0.25) is 0 Å². The first kappa shape index (κ1) is 10.7. The number of hydrogen-bond donors (Lipinski definition) is 0. The highest BCUT2D eigenvalue weighted by molar-refractivity contribution is 7.99. The van der Waals surface area contributed by atoms with Crippen molar-refractivity contribution in [2.45, 2.75) is 23.6 Å². The highest BCUT2D eigenvalue weighted by Crippen LogP contribution is 2.46. The topological polar surface area (TPSA) is 0 Å². The molecule has 0 aliphatic carbocycles. The van der Waals surface area contributed by atoms with Crippen molar-refractivity contribution in [2.75, 3.05) is 0 Å². The van der Waals surface area contributed by atoms with Crippen LogP contribution >= 0.6 is 11.8 Å². The van der Waals surface area contributed by atoms with Crippen LogP contribution in [-0.4, -0.2) is 0 Å². The molecule has 0 saturated heterocycles. The van der Waals surface area contributed by atoms with Gasteiger partial charge in [0.15, 0.2) is 0 Å². The van der Waals surface area contributed by atoms with Gasteiger partial charge in [-0.1, -0.05) is 53.7 Å². The lowest BCUT2D eigenvalue weighted by atomic mass is 9.93. The molecule has 1 heteroatoms. The normalized spacial score (nSPS) is 12.9. The van der Waals surface area contributed by atoms with E-state index in [2.05, 4.69) is 62.4 Å². The molecule has 0 radical (unpaired) electrons. The van der Waals surface area contributed by atoms with E-state index >= 15 is 0 Å². The molecule has 0 N–H and O–H groups in total. The smallest absolute Gasteiger partial charge is 0.0201 e. The molecule has 2 aromatic carbocycles. The van der Waals surface area contributed by atoms with Crippen LogP contribution in [0.3, 0.4) is 0 Å². The monoisotopic (exact) mass is 238 g/mol. The standard InChI is InChI=1S/C16H14S/c1-11(2)16-12-7-3-5-9-14(12)17-15-10-6-4-8-13(15)16/h3-10H,1-2H3. The summed E-state index contributed by atoms with van der Waals surface area (Å²) in [5.41, 5.74) is 5.52. The Balaban J connectivity index is 2.33. The van der Waals surface area contributed by atoms with E-state index in [1.54, 1.807) is 0 Å². The SMILES string of the molecule is CC(C)=C1c2ccccc2Sc2ccccc21. The van der Waals surface area contributed by atoms with E-state index in [0.717, 1.165) is 0 Å². The van der Waals surface area contributed by atoms with E-state index in [0.29, 0.717) is 0 Å². The van der Waals surface area contributed by atoms with E-state index in [-0.39, 0.29) is 0 Å².